The van der Waals surface area contributed by atoms with Gasteiger partial charge in [0.2, 0.25) is 11.8 Å². The van der Waals surface area contributed by atoms with Gasteiger partial charge in [-0.3, -0.25) is 19.4 Å². The number of phenolic OH excluding ortho intramolecular Hbond substituents is 1. The Hall–Kier alpha value is -4.98. The number of fused-ring (bicyclic) bond motifs is 2. The number of halogens is 5. The Balaban J connectivity index is 0.000000153. The number of hydrogen-bond donors (Lipinski definition) is 3. The highest BCUT2D eigenvalue weighted by atomic mass is 79.9. The summed E-state index contributed by atoms with van der Waals surface area (Å²) in [5, 5.41) is 17.2. The molecule has 3 N–H and O–H groups in total. The Labute approximate surface area is 420 Å². The van der Waals surface area contributed by atoms with E-state index in [1.165, 1.54) is 11.1 Å². The van der Waals surface area contributed by atoms with E-state index < -0.39 is 0 Å². The number of aryl methyl sites for hydroxylation is 2. The molecule has 0 radical (unpaired) electrons. The number of carbonyl (C=O) groups excluding carboxylic acids is 2. The highest BCUT2D eigenvalue weighted by Crippen LogP contribution is 2.35. The molecule has 0 bridgehead atoms. The highest BCUT2D eigenvalue weighted by Gasteiger charge is 2.22. The van der Waals surface area contributed by atoms with Crippen LogP contribution in [-0.4, -0.2) is 79.1 Å². The van der Waals surface area contributed by atoms with Crippen LogP contribution >= 0.6 is 62.3 Å². The molecule has 67 heavy (non-hydrogen) atoms. The second-order valence-corrected chi connectivity index (χ2v) is 19.3. The van der Waals surface area contributed by atoms with Crippen LogP contribution in [0.1, 0.15) is 35.1 Å². The number of hydrogen-bond acceptors (Lipinski definition) is 8. The fourth-order valence-corrected chi connectivity index (χ4v) is 9.54. The molecule has 0 saturated carbocycles. The molecule has 2 fully saturated rings. The van der Waals surface area contributed by atoms with Gasteiger partial charge >= 0.3 is 0 Å². The summed E-state index contributed by atoms with van der Waals surface area (Å²) in [5.41, 5.74) is 8.46. The monoisotopic (exact) mass is 1040 g/mol. The summed E-state index contributed by atoms with van der Waals surface area (Å²) in [6.45, 7) is 9.62. The lowest BCUT2D eigenvalue weighted by Gasteiger charge is -2.36. The quantitative estimate of drug-likeness (QED) is 0.139. The molecule has 4 aliphatic rings. The number of aromatic hydroxyl groups is 1. The molecule has 10 nitrogen and oxygen atoms in total. The van der Waals surface area contributed by atoms with Gasteiger partial charge < -0.3 is 30.3 Å². The fraction of sp³-hybridized carbons (Fsp3) is 0.269. The Morgan fingerprint density at radius 3 is 1.48 bits per heavy atom. The summed E-state index contributed by atoms with van der Waals surface area (Å²) in [7, 11) is 0. The van der Waals surface area contributed by atoms with Crippen molar-refractivity contribution < 1.29 is 19.4 Å². The van der Waals surface area contributed by atoms with E-state index in [0.29, 0.717) is 32.9 Å². The van der Waals surface area contributed by atoms with Crippen LogP contribution in [0.3, 0.4) is 0 Å². The summed E-state index contributed by atoms with van der Waals surface area (Å²) in [6.07, 6.45) is 2.62. The van der Waals surface area contributed by atoms with E-state index in [4.69, 9.17) is 56.2 Å². The van der Waals surface area contributed by atoms with Gasteiger partial charge in [0.25, 0.3) is 0 Å². The molecule has 0 unspecified atom stereocenters. The van der Waals surface area contributed by atoms with Crippen molar-refractivity contribution in [2.24, 2.45) is 0 Å². The van der Waals surface area contributed by atoms with Gasteiger partial charge in [0.15, 0.2) is 0 Å². The maximum Gasteiger partial charge on any atom is 0.224 e. The van der Waals surface area contributed by atoms with Gasteiger partial charge in [-0.15, -0.1) is 0 Å². The standard InChI is InChI=1S/C26H25Cl2N3O2.C17H17BrCl2N2.C9H9NO2/c27-22-2-1-3-24(26(22)28)31-14-12-30(13-15-31)17-18-4-8-20(9-5-18)33-21-10-6-19-7-11-25(32)29-23(19)16-21;18-14-6-4-13(5-7-14)12-21-8-10-22(11-9-21)16-3-1-2-15(19)17(16)20;11-7-3-1-6-2-4-9(12)10-8(6)5-7/h1-6,8-10,16H,7,11-15,17H2,(H,29,32);1-7H,8-12H2;1,3,5,11H,2,4H2,(H,10,12). The van der Waals surface area contributed by atoms with Crippen LogP contribution in [-0.2, 0) is 35.5 Å². The molecule has 15 heteroatoms. The first-order chi connectivity index (χ1) is 32.4. The van der Waals surface area contributed by atoms with Crippen LogP contribution < -0.4 is 25.2 Å². The van der Waals surface area contributed by atoms with Crippen LogP contribution in [0.5, 0.6) is 17.2 Å². The zero-order valence-electron chi connectivity index (χ0n) is 36.8. The minimum absolute atomic E-state index is 0.0214. The van der Waals surface area contributed by atoms with E-state index in [9.17, 15) is 9.59 Å². The minimum atomic E-state index is 0.0214. The van der Waals surface area contributed by atoms with Crippen molar-refractivity contribution in [1.29, 1.82) is 0 Å². The normalized spacial score (nSPS) is 16.0. The first-order valence-electron chi connectivity index (χ1n) is 22.3. The first kappa shape index (κ1) is 48.5. The molecule has 0 atom stereocenters. The number of carbonyl (C=O) groups is 2. The Kier molecular flexibility index (Phi) is 16.6. The smallest absolute Gasteiger partial charge is 0.224 e. The van der Waals surface area contributed by atoms with E-state index in [1.807, 2.05) is 72.8 Å². The summed E-state index contributed by atoms with van der Waals surface area (Å²) >= 11 is 28.5. The minimum Gasteiger partial charge on any atom is -0.508 e. The lowest BCUT2D eigenvalue weighted by atomic mass is 10.0. The molecule has 0 spiro atoms. The molecule has 6 aromatic carbocycles. The Morgan fingerprint density at radius 2 is 0.970 bits per heavy atom. The van der Waals surface area contributed by atoms with E-state index >= 15 is 0 Å². The molecule has 0 aromatic heterocycles. The summed E-state index contributed by atoms with van der Waals surface area (Å²) in [5.74, 6) is 1.77. The fourth-order valence-electron chi connectivity index (χ4n) is 8.45. The second-order valence-electron chi connectivity index (χ2n) is 16.8. The van der Waals surface area contributed by atoms with Gasteiger partial charge in [0.05, 0.1) is 31.5 Å². The van der Waals surface area contributed by atoms with Crippen molar-refractivity contribution in [2.75, 3.05) is 72.8 Å². The number of phenols is 1. The van der Waals surface area contributed by atoms with Gasteiger partial charge in [-0.1, -0.05) is 111 Å². The lowest BCUT2D eigenvalue weighted by Crippen LogP contribution is -2.46. The van der Waals surface area contributed by atoms with E-state index in [1.54, 1.807) is 12.1 Å². The molecule has 348 valence electrons. The number of amides is 2. The molecule has 2 saturated heterocycles. The number of rotatable bonds is 8. The van der Waals surface area contributed by atoms with Crippen molar-refractivity contribution in [3.8, 4) is 17.2 Å². The van der Waals surface area contributed by atoms with Crippen molar-refractivity contribution in [2.45, 2.75) is 38.8 Å². The maximum absolute atomic E-state index is 11.6. The summed E-state index contributed by atoms with van der Waals surface area (Å²) < 4.78 is 7.14. The second kappa shape index (κ2) is 22.9. The molecule has 0 aliphatic carbocycles. The predicted molar refractivity (Wildman–Crippen MR) is 277 cm³/mol. The molecule has 4 heterocycles. The van der Waals surface area contributed by atoms with Gasteiger partial charge in [0.1, 0.15) is 17.2 Å². The molecular weight excluding hydrogens is 994 g/mol. The Morgan fingerprint density at radius 1 is 0.522 bits per heavy atom. The molecule has 2 amide bonds. The van der Waals surface area contributed by atoms with E-state index in [2.05, 4.69) is 82.6 Å². The highest BCUT2D eigenvalue weighted by molar-refractivity contribution is 9.10. The number of nitrogens with one attached hydrogen (secondary N) is 2. The lowest BCUT2D eigenvalue weighted by molar-refractivity contribution is -0.117. The first-order valence-corrected chi connectivity index (χ1v) is 24.6. The maximum atomic E-state index is 11.6. The average Bonchev–Trinajstić information content (AvgIpc) is 3.33. The number of benzene rings is 6. The van der Waals surface area contributed by atoms with Gasteiger partial charge in [-0.05, 0) is 95.8 Å². The van der Waals surface area contributed by atoms with Crippen molar-refractivity contribution >= 4 is 96.9 Å². The molecular formula is C52H51BrCl4N6O4. The van der Waals surface area contributed by atoms with Gasteiger partial charge in [-0.25, -0.2) is 0 Å². The third-order valence-corrected chi connectivity index (χ3v) is 14.3. The zero-order chi connectivity index (χ0) is 46.9. The van der Waals surface area contributed by atoms with Crippen LogP contribution in [0.2, 0.25) is 20.1 Å². The topological polar surface area (TPSA) is 101 Å². The third kappa shape index (κ3) is 13.2. The van der Waals surface area contributed by atoms with Crippen molar-refractivity contribution in [3.63, 3.8) is 0 Å². The van der Waals surface area contributed by atoms with E-state index in [-0.39, 0.29) is 17.6 Å². The van der Waals surface area contributed by atoms with Crippen LogP contribution in [0.25, 0.3) is 0 Å². The average molecular weight is 1050 g/mol. The number of piperazine rings is 2. The molecule has 6 aromatic rings. The van der Waals surface area contributed by atoms with Crippen molar-refractivity contribution in [1.82, 2.24) is 9.80 Å². The zero-order valence-corrected chi connectivity index (χ0v) is 41.4. The van der Waals surface area contributed by atoms with Crippen LogP contribution in [0.4, 0.5) is 22.7 Å². The van der Waals surface area contributed by atoms with E-state index in [0.717, 1.165) is 128 Å². The SMILES string of the molecule is Clc1cccc(N2CCN(Cc3ccc(Br)cc3)CC2)c1Cl.O=C1CCc2ccc(O)cc2N1.O=C1CCc2ccc(Oc3ccc(CN4CCN(c5cccc(Cl)c5Cl)CC4)cc3)cc2N1. The van der Waals surface area contributed by atoms with Crippen molar-refractivity contribution in [3.05, 3.63) is 168 Å². The molecule has 4 aliphatic heterocycles. The van der Waals surface area contributed by atoms with Crippen LogP contribution in [0, 0.1) is 0 Å². The largest absolute Gasteiger partial charge is 0.508 e. The summed E-state index contributed by atoms with van der Waals surface area (Å²) in [6, 6.07) is 39.3. The third-order valence-electron chi connectivity index (χ3n) is 12.1. The predicted octanol–water partition coefficient (Wildman–Crippen LogP) is 12.3. The summed E-state index contributed by atoms with van der Waals surface area (Å²) in [4.78, 5) is 32.1. The number of anilines is 4. The number of ether oxygens (including phenoxy) is 1. The molecule has 10 rings (SSSR count). The van der Waals surface area contributed by atoms with Crippen LogP contribution in [0.15, 0.2) is 126 Å². The number of nitrogens with zero attached hydrogens (tertiary/aromatic N) is 4. The van der Waals surface area contributed by atoms with Gasteiger partial charge in [-0.2, -0.15) is 0 Å². The Bertz CT molecular complexity index is 2680. The van der Waals surface area contributed by atoms with Gasteiger partial charge in [0, 0.05) is 106 Å².